The highest BCUT2D eigenvalue weighted by atomic mass is 16.7. The third-order valence-corrected chi connectivity index (χ3v) is 2.53. The van der Waals surface area contributed by atoms with E-state index in [4.69, 9.17) is 9.57 Å². The number of cyclic esters (lactones) is 1. The molecule has 0 aromatic heterocycles. The summed E-state index contributed by atoms with van der Waals surface area (Å²) in [4.78, 5) is 18.2. The summed E-state index contributed by atoms with van der Waals surface area (Å²) in [5, 5.41) is 0. The van der Waals surface area contributed by atoms with Crippen LogP contribution in [0.15, 0.2) is 30.1 Å². The number of ether oxygens (including phenoxy) is 1. The first-order valence-electron chi connectivity index (χ1n) is 5.02. The number of hydrogen-bond acceptors (Lipinski definition) is 4. The Kier molecular flexibility index (Phi) is 1.96. The lowest BCUT2D eigenvalue weighted by Crippen LogP contribution is -2.35. The minimum absolute atomic E-state index is 0.346. The molecular formula is C11H10N2O3. The maximum absolute atomic E-state index is 11.4. The summed E-state index contributed by atoms with van der Waals surface area (Å²) in [6.07, 6.45) is 1.52. The van der Waals surface area contributed by atoms with E-state index in [1.165, 1.54) is 4.90 Å². The molecule has 3 rings (SSSR count). The van der Waals surface area contributed by atoms with Crippen LogP contribution in [-0.2, 0) is 4.74 Å². The lowest BCUT2D eigenvalue weighted by molar-refractivity contribution is 0.148. The molecule has 0 atom stereocenters. The van der Waals surface area contributed by atoms with Gasteiger partial charge in [0.1, 0.15) is 12.4 Å². The van der Waals surface area contributed by atoms with Crippen LogP contribution in [0.2, 0.25) is 0 Å². The van der Waals surface area contributed by atoms with Gasteiger partial charge >= 0.3 is 6.09 Å². The molecule has 1 N–H and O–H groups in total. The molecule has 1 fully saturated rings. The van der Waals surface area contributed by atoms with Gasteiger partial charge in [-0.25, -0.2) is 10.3 Å². The van der Waals surface area contributed by atoms with E-state index in [9.17, 15) is 4.79 Å². The van der Waals surface area contributed by atoms with Gasteiger partial charge in [-0.3, -0.25) is 4.90 Å². The van der Waals surface area contributed by atoms with Gasteiger partial charge in [0.2, 0.25) is 0 Å². The zero-order valence-corrected chi connectivity index (χ0v) is 8.47. The molecule has 0 unspecified atom stereocenters. The van der Waals surface area contributed by atoms with E-state index in [1.807, 2.05) is 30.3 Å². The van der Waals surface area contributed by atoms with Gasteiger partial charge in [0.25, 0.3) is 0 Å². The molecule has 0 radical (unpaired) electrons. The second-order valence-electron chi connectivity index (χ2n) is 3.54. The molecule has 5 heteroatoms. The minimum Gasteiger partial charge on any atom is -0.447 e. The van der Waals surface area contributed by atoms with E-state index in [0.717, 1.165) is 11.3 Å². The SMILES string of the molecule is O=C1OCCN1C1=Cc2ccccc2ON1. The van der Waals surface area contributed by atoms with Crippen molar-refractivity contribution in [2.45, 2.75) is 0 Å². The Labute approximate surface area is 92.2 Å². The summed E-state index contributed by atoms with van der Waals surface area (Å²) in [6, 6.07) is 7.60. The van der Waals surface area contributed by atoms with Crippen molar-refractivity contribution in [3.8, 4) is 5.75 Å². The Morgan fingerprint density at radius 2 is 2.19 bits per heavy atom. The number of hydroxylamine groups is 1. The molecule has 1 aromatic rings. The molecule has 5 nitrogen and oxygen atoms in total. The summed E-state index contributed by atoms with van der Waals surface area (Å²) < 4.78 is 4.86. The van der Waals surface area contributed by atoms with Crippen LogP contribution in [0.1, 0.15) is 5.56 Å². The third kappa shape index (κ3) is 1.37. The van der Waals surface area contributed by atoms with Gasteiger partial charge in [-0.2, -0.15) is 0 Å². The number of rotatable bonds is 1. The van der Waals surface area contributed by atoms with Crippen LogP contribution in [0.3, 0.4) is 0 Å². The largest absolute Gasteiger partial charge is 0.447 e. The van der Waals surface area contributed by atoms with Crippen molar-refractivity contribution in [3.05, 3.63) is 35.6 Å². The fourth-order valence-corrected chi connectivity index (χ4v) is 1.72. The first kappa shape index (κ1) is 9.08. The van der Waals surface area contributed by atoms with Gasteiger partial charge in [-0.05, 0) is 12.1 Å². The summed E-state index contributed by atoms with van der Waals surface area (Å²) in [6.45, 7) is 0.961. The number of nitrogens with zero attached hydrogens (tertiary/aromatic N) is 1. The Morgan fingerprint density at radius 3 is 3.00 bits per heavy atom. The van der Waals surface area contributed by atoms with Crippen LogP contribution >= 0.6 is 0 Å². The van der Waals surface area contributed by atoms with Crippen LogP contribution < -0.4 is 10.3 Å². The number of fused-ring (bicyclic) bond motifs is 1. The fraction of sp³-hybridized carbons (Fsp3) is 0.182. The second kappa shape index (κ2) is 3.44. The van der Waals surface area contributed by atoms with Crippen molar-refractivity contribution in [2.75, 3.05) is 13.2 Å². The molecule has 0 saturated carbocycles. The smallest absolute Gasteiger partial charge is 0.415 e. The average molecular weight is 218 g/mol. The molecule has 0 spiro atoms. The first-order valence-corrected chi connectivity index (χ1v) is 5.02. The Hall–Kier alpha value is -2.17. The number of para-hydroxylation sites is 1. The number of benzene rings is 1. The number of hydrogen-bond donors (Lipinski definition) is 1. The van der Waals surface area contributed by atoms with Crippen LogP contribution in [0.25, 0.3) is 6.08 Å². The van der Waals surface area contributed by atoms with E-state index in [1.54, 1.807) is 0 Å². The van der Waals surface area contributed by atoms with Crippen LogP contribution in [0.5, 0.6) is 5.75 Å². The minimum atomic E-state index is -0.346. The van der Waals surface area contributed by atoms with E-state index in [0.29, 0.717) is 19.0 Å². The molecule has 2 heterocycles. The van der Waals surface area contributed by atoms with Crippen LogP contribution in [0, 0.1) is 0 Å². The predicted octanol–water partition coefficient (Wildman–Crippen LogP) is 1.33. The van der Waals surface area contributed by atoms with E-state index >= 15 is 0 Å². The zero-order chi connectivity index (χ0) is 11.0. The van der Waals surface area contributed by atoms with Crippen molar-refractivity contribution in [1.29, 1.82) is 0 Å². The highest BCUT2D eigenvalue weighted by Crippen LogP contribution is 2.25. The lowest BCUT2D eigenvalue weighted by atomic mass is 10.2. The fourth-order valence-electron chi connectivity index (χ4n) is 1.72. The molecule has 0 bridgehead atoms. The highest BCUT2D eigenvalue weighted by Gasteiger charge is 2.27. The lowest BCUT2D eigenvalue weighted by Gasteiger charge is -2.23. The zero-order valence-electron chi connectivity index (χ0n) is 8.47. The molecule has 2 aliphatic heterocycles. The van der Waals surface area contributed by atoms with Gasteiger partial charge in [-0.1, -0.05) is 18.2 Å². The predicted molar refractivity (Wildman–Crippen MR) is 56.2 cm³/mol. The second-order valence-corrected chi connectivity index (χ2v) is 3.54. The standard InChI is InChI=1S/C11H10N2O3/c14-11-13(5-6-15-11)10-7-8-3-1-2-4-9(8)16-12-10/h1-4,7,12H,5-6H2. The maximum atomic E-state index is 11.4. The molecule has 1 saturated heterocycles. The first-order chi connectivity index (χ1) is 7.84. The molecule has 1 amide bonds. The number of amides is 1. The van der Waals surface area contributed by atoms with Crippen molar-refractivity contribution < 1.29 is 14.4 Å². The Balaban J connectivity index is 1.94. The van der Waals surface area contributed by atoms with Gasteiger partial charge in [-0.15, -0.1) is 0 Å². The molecule has 0 aliphatic carbocycles. The Morgan fingerprint density at radius 1 is 1.31 bits per heavy atom. The van der Waals surface area contributed by atoms with Crippen LogP contribution in [-0.4, -0.2) is 24.1 Å². The van der Waals surface area contributed by atoms with E-state index in [2.05, 4.69) is 5.48 Å². The Bertz CT molecular complexity index is 470. The van der Waals surface area contributed by atoms with Crippen molar-refractivity contribution in [1.82, 2.24) is 10.4 Å². The maximum Gasteiger partial charge on any atom is 0.415 e. The quantitative estimate of drug-likeness (QED) is 0.772. The summed E-state index contributed by atoms with van der Waals surface area (Å²) in [5.41, 5.74) is 3.67. The molecule has 2 aliphatic rings. The van der Waals surface area contributed by atoms with Crippen molar-refractivity contribution >= 4 is 12.2 Å². The summed E-state index contributed by atoms with van der Waals surface area (Å²) >= 11 is 0. The molecular weight excluding hydrogens is 208 g/mol. The monoisotopic (exact) mass is 218 g/mol. The van der Waals surface area contributed by atoms with Crippen molar-refractivity contribution in [2.24, 2.45) is 0 Å². The van der Waals surface area contributed by atoms with Crippen molar-refractivity contribution in [3.63, 3.8) is 0 Å². The number of nitrogens with one attached hydrogen (secondary N) is 1. The summed E-state index contributed by atoms with van der Waals surface area (Å²) in [5.74, 6) is 1.36. The van der Waals surface area contributed by atoms with Gasteiger partial charge in [0.05, 0.1) is 6.54 Å². The molecule has 16 heavy (non-hydrogen) atoms. The number of carbonyl (C=O) groups excluding carboxylic acids is 1. The van der Waals surface area contributed by atoms with Gasteiger partial charge in [0.15, 0.2) is 5.75 Å². The van der Waals surface area contributed by atoms with Crippen LogP contribution in [0.4, 0.5) is 4.79 Å². The average Bonchev–Trinajstić information content (AvgIpc) is 2.75. The van der Waals surface area contributed by atoms with E-state index < -0.39 is 0 Å². The van der Waals surface area contributed by atoms with Gasteiger partial charge in [0, 0.05) is 5.56 Å². The molecule has 1 aromatic carbocycles. The highest BCUT2D eigenvalue weighted by molar-refractivity contribution is 5.74. The third-order valence-electron chi connectivity index (χ3n) is 2.53. The molecule has 82 valence electrons. The topological polar surface area (TPSA) is 50.8 Å². The number of carbonyl (C=O) groups is 1. The summed E-state index contributed by atoms with van der Waals surface area (Å²) in [7, 11) is 0. The van der Waals surface area contributed by atoms with E-state index in [-0.39, 0.29) is 6.09 Å². The normalized spacial score (nSPS) is 18.1. The van der Waals surface area contributed by atoms with Gasteiger partial charge < -0.3 is 9.57 Å².